The number of phenolic OH excluding ortho intramolecular Hbond substituents is 1. The molecule has 0 amide bonds. The predicted molar refractivity (Wildman–Crippen MR) is 74.9 cm³/mol. The molecule has 0 unspecified atom stereocenters. The number of nitro benzene ring substituents is 1. The molecule has 0 bridgehead atoms. The number of nitrogens with zero attached hydrogens (tertiary/aromatic N) is 1. The number of non-ortho nitro benzene ring substituents is 1. The van der Waals surface area contributed by atoms with Crippen molar-refractivity contribution in [1.29, 1.82) is 0 Å². The van der Waals surface area contributed by atoms with Gasteiger partial charge in [0.25, 0.3) is 5.69 Å². The van der Waals surface area contributed by atoms with Gasteiger partial charge in [-0.1, -0.05) is 0 Å². The molecule has 106 valence electrons. The van der Waals surface area contributed by atoms with E-state index in [9.17, 15) is 20.0 Å². The predicted octanol–water partition coefficient (Wildman–Crippen LogP) is 2.57. The summed E-state index contributed by atoms with van der Waals surface area (Å²) in [6, 6.07) is 6.61. The van der Waals surface area contributed by atoms with Crippen LogP contribution in [0.25, 0.3) is 21.9 Å². The van der Waals surface area contributed by atoms with Gasteiger partial charge in [-0.05, 0) is 18.2 Å². The van der Waals surface area contributed by atoms with E-state index in [1.165, 1.54) is 37.4 Å². The second-order valence-electron chi connectivity index (χ2n) is 4.36. The molecule has 1 N–H and O–H groups in total. The monoisotopic (exact) mass is 287 g/mol. The van der Waals surface area contributed by atoms with E-state index < -0.39 is 10.4 Å². The SMILES string of the molecule is COc1ccc2oc3cc([N+](=O)[O-])ccc3c(=O)c2c1O. The molecule has 1 heterocycles. The maximum Gasteiger partial charge on any atom is 0.273 e. The van der Waals surface area contributed by atoms with E-state index in [-0.39, 0.29) is 39.1 Å². The molecular formula is C14H9NO6. The van der Waals surface area contributed by atoms with Crippen LogP contribution in [0.4, 0.5) is 5.69 Å². The molecule has 0 radical (unpaired) electrons. The normalized spacial score (nSPS) is 10.9. The minimum absolute atomic E-state index is 0.0179. The van der Waals surface area contributed by atoms with E-state index in [0.717, 1.165) is 0 Å². The summed E-state index contributed by atoms with van der Waals surface area (Å²) in [5.74, 6) is -0.167. The Morgan fingerprint density at radius 1 is 1.24 bits per heavy atom. The first-order chi connectivity index (χ1) is 10.0. The van der Waals surface area contributed by atoms with Crippen LogP contribution in [-0.2, 0) is 0 Å². The molecule has 1 aromatic heterocycles. The number of methoxy groups -OCH3 is 1. The van der Waals surface area contributed by atoms with E-state index in [0.29, 0.717) is 0 Å². The summed E-state index contributed by atoms with van der Waals surface area (Å²) in [4.78, 5) is 22.6. The Morgan fingerprint density at radius 3 is 2.67 bits per heavy atom. The van der Waals surface area contributed by atoms with Crippen molar-refractivity contribution >= 4 is 27.6 Å². The number of hydrogen-bond acceptors (Lipinski definition) is 6. The number of aromatic hydroxyl groups is 1. The first-order valence-corrected chi connectivity index (χ1v) is 5.94. The van der Waals surface area contributed by atoms with Crippen LogP contribution in [0.3, 0.4) is 0 Å². The van der Waals surface area contributed by atoms with Crippen molar-refractivity contribution in [3.8, 4) is 11.5 Å². The zero-order chi connectivity index (χ0) is 15.1. The highest BCUT2D eigenvalue weighted by molar-refractivity contribution is 5.94. The lowest BCUT2D eigenvalue weighted by Gasteiger charge is -2.06. The minimum Gasteiger partial charge on any atom is -0.504 e. The minimum atomic E-state index is -0.574. The summed E-state index contributed by atoms with van der Waals surface area (Å²) in [5, 5.41) is 20.9. The zero-order valence-electron chi connectivity index (χ0n) is 10.8. The summed E-state index contributed by atoms with van der Waals surface area (Å²) in [5.41, 5.74) is -0.433. The number of hydrogen-bond donors (Lipinski definition) is 1. The first-order valence-electron chi connectivity index (χ1n) is 5.94. The van der Waals surface area contributed by atoms with Crippen molar-refractivity contribution in [2.45, 2.75) is 0 Å². The van der Waals surface area contributed by atoms with Gasteiger partial charge in [0.1, 0.15) is 16.6 Å². The molecule has 3 aromatic rings. The molecule has 0 aliphatic heterocycles. The van der Waals surface area contributed by atoms with Crippen LogP contribution in [0.5, 0.6) is 11.5 Å². The third kappa shape index (κ3) is 1.86. The molecule has 0 saturated heterocycles. The van der Waals surface area contributed by atoms with Gasteiger partial charge in [-0.25, -0.2) is 0 Å². The van der Waals surface area contributed by atoms with Gasteiger partial charge in [-0.3, -0.25) is 14.9 Å². The third-order valence-electron chi connectivity index (χ3n) is 3.19. The fourth-order valence-electron chi connectivity index (χ4n) is 2.17. The van der Waals surface area contributed by atoms with Gasteiger partial charge in [-0.2, -0.15) is 0 Å². The van der Waals surface area contributed by atoms with E-state index >= 15 is 0 Å². The van der Waals surface area contributed by atoms with Crippen molar-refractivity contribution in [2.75, 3.05) is 7.11 Å². The van der Waals surface area contributed by atoms with Crippen LogP contribution in [-0.4, -0.2) is 17.1 Å². The lowest BCUT2D eigenvalue weighted by Crippen LogP contribution is -2.03. The summed E-state index contributed by atoms with van der Waals surface area (Å²) in [6.07, 6.45) is 0. The Hall–Kier alpha value is -3.09. The Bertz CT molecular complexity index is 943. The van der Waals surface area contributed by atoms with Crippen molar-refractivity contribution in [1.82, 2.24) is 0 Å². The maximum absolute atomic E-state index is 12.4. The summed E-state index contributed by atoms with van der Waals surface area (Å²) in [6.45, 7) is 0. The molecular weight excluding hydrogens is 278 g/mol. The Morgan fingerprint density at radius 2 is 2.00 bits per heavy atom. The van der Waals surface area contributed by atoms with Crippen LogP contribution >= 0.6 is 0 Å². The van der Waals surface area contributed by atoms with Gasteiger partial charge in [0.2, 0.25) is 5.43 Å². The molecule has 0 saturated carbocycles. The summed E-state index contributed by atoms with van der Waals surface area (Å²) in [7, 11) is 1.37. The quantitative estimate of drug-likeness (QED) is 0.441. The van der Waals surface area contributed by atoms with Gasteiger partial charge in [0.05, 0.1) is 23.5 Å². The van der Waals surface area contributed by atoms with Crippen LogP contribution in [0, 0.1) is 10.1 Å². The van der Waals surface area contributed by atoms with Crippen molar-refractivity contribution in [2.24, 2.45) is 0 Å². The molecule has 0 fully saturated rings. The number of phenols is 1. The fourth-order valence-corrected chi connectivity index (χ4v) is 2.17. The highest BCUT2D eigenvalue weighted by Gasteiger charge is 2.17. The number of rotatable bonds is 2. The average molecular weight is 287 g/mol. The molecule has 0 aliphatic carbocycles. The Balaban J connectivity index is 2.46. The van der Waals surface area contributed by atoms with Gasteiger partial charge in [-0.15, -0.1) is 0 Å². The van der Waals surface area contributed by atoms with Crippen LogP contribution in [0.2, 0.25) is 0 Å². The van der Waals surface area contributed by atoms with Crippen LogP contribution < -0.4 is 10.2 Å². The van der Waals surface area contributed by atoms with E-state index in [1.54, 1.807) is 0 Å². The van der Waals surface area contributed by atoms with Crippen LogP contribution in [0.15, 0.2) is 39.5 Å². The topological polar surface area (TPSA) is 103 Å². The molecule has 21 heavy (non-hydrogen) atoms. The van der Waals surface area contributed by atoms with Gasteiger partial charge >= 0.3 is 0 Å². The Kier molecular flexibility index (Phi) is 2.76. The fraction of sp³-hybridized carbons (Fsp3) is 0.0714. The number of fused-ring (bicyclic) bond motifs is 2. The largest absolute Gasteiger partial charge is 0.504 e. The van der Waals surface area contributed by atoms with Gasteiger partial charge in [0, 0.05) is 6.07 Å². The van der Waals surface area contributed by atoms with Gasteiger partial charge < -0.3 is 14.3 Å². The van der Waals surface area contributed by atoms with Crippen molar-refractivity contribution < 1.29 is 19.2 Å². The number of nitro groups is 1. The van der Waals surface area contributed by atoms with Gasteiger partial charge in [0.15, 0.2) is 11.5 Å². The standard InChI is InChI=1S/C14H9NO6/c1-20-10-5-4-9-12(14(10)17)13(16)8-3-2-7(15(18)19)6-11(8)21-9/h2-6,17H,1H3. The molecule has 2 aromatic carbocycles. The molecule has 0 atom stereocenters. The van der Waals surface area contributed by atoms with Crippen molar-refractivity contribution in [3.63, 3.8) is 0 Å². The van der Waals surface area contributed by atoms with E-state index in [2.05, 4.69) is 0 Å². The van der Waals surface area contributed by atoms with E-state index in [4.69, 9.17) is 9.15 Å². The van der Waals surface area contributed by atoms with Crippen molar-refractivity contribution in [3.05, 3.63) is 50.7 Å². The highest BCUT2D eigenvalue weighted by atomic mass is 16.6. The zero-order valence-corrected chi connectivity index (χ0v) is 10.8. The molecule has 0 spiro atoms. The summed E-state index contributed by atoms with van der Waals surface area (Å²) < 4.78 is 10.4. The van der Waals surface area contributed by atoms with Crippen LogP contribution in [0.1, 0.15) is 0 Å². The smallest absolute Gasteiger partial charge is 0.273 e. The molecule has 0 aliphatic rings. The third-order valence-corrected chi connectivity index (χ3v) is 3.19. The summed E-state index contributed by atoms with van der Waals surface area (Å²) >= 11 is 0. The number of ether oxygens (including phenoxy) is 1. The van der Waals surface area contributed by atoms with E-state index in [1.807, 2.05) is 0 Å². The number of benzene rings is 2. The maximum atomic E-state index is 12.4. The second-order valence-corrected chi connectivity index (χ2v) is 4.36. The Labute approximate surface area is 117 Å². The molecule has 7 nitrogen and oxygen atoms in total. The molecule has 7 heteroatoms. The average Bonchev–Trinajstić information content (AvgIpc) is 2.47. The highest BCUT2D eigenvalue weighted by Crippen LogP contribution is 2.34. The molecule has 3 rings (SSSR count). The second kappa shape index (κ2) is 4.48. The lowest BCUT2D eigenvalue weighted by atomic mass is 10.1. The first kappa shape index (κ1) is 12.9. The lowest BCUT2D eigenvalue weighted by molar-refractivity contribution is -0.384.